The summed E-state index contributed by atoms with van der Waals surface area (Å²) in [5, 5.41) is 3.06. The first-order chi connectivity index (χ1) is 12.8. The van der Waals surface area contributed by atoms with Crippen LogP contribution < -0.4 is 5.32 Å². The van der Waals surface area contributed by atoms with Crippen LogP contribution in [-0.4, -0.2) is 12.1 Å². The zero-order valence-corrected chi connectivity index (χ0v) is 15.3. The number of hydrogen-bond acceptors (Lipinski definition) is 1. The largest absolute Gasteiger partial charge is 0.391 e. The number of nitrogens with one attached hydrogen (secondary N) is 1. The van der Waals surface area contributed by atoms with Crippen LogP contribution in [0.3, 0.4) is 0 Å². The minimum absolute atomic E-state index is 0.113. The molecule has 2 aromatic carbocycles. The van der Waals surface area contributed by atoms with Crippen molar-refractivity contribution in [3.05, 3.63) is 71.8 Å². The van der Waals surface area contributed by atoms with Crippen LogP contribution in [0.4, 0.5) is 13.2 Å². The van der Waals surface area contributed by atoms with E-state index in [1.54, 1.807) is 0 Å². The molecule has 2 atom stereocenters. The Morgan fingerprint density at radius 2 is 1.44 bits per heavy atom. The predicted octanol–water partition coefficient (Wildman–Crippen LogP) is 5.44. The standard InChI is InChI=1S/C22H24F3NO/c1-21(17-10-4-2-5-11-17,18-12-6-3-7-13-18)26-20(27)16-9-8-14-19(15-16)22(23,24)25/h2-7,10-13,16,19H,8-9,14-15H2,1H3,(H,26,27). The molecule has 144 valence electrons. The number of halogens is 3. The molecule has 0 saturated heterocycles. The summed E-state index contributed by atoms with van der Waals surface area (Å²) < 4.78 is 39.3. The molecule has 1 amide bonds. The van der Waals surface area contributed by atoms with E-state index in [2.05, 4.69) is 5.32 Å². The van der Waals surface area contributed by atoms with Crippen molar-refractivity contribution in [1.29, 1.82) is 0 Å². The number of rotatable bonds is 4. The van der Waals surface area contributed by atoms with E-state index in [0.717, 1.165) is 11.1 Å². The third-order valence-electron chi connectivity index (χ3n) is 5.58. The van der Waals surface area contributed by atoms with E-state index in [-0.39, 0.29) is 18.7 Å². The molecule has 1 saturated carbocycles. The number of hydrogen-bond donors (Lipinski definition) is 1. The molecular weight excluding hydrogens is 351 g/mol. The summed E-state index contributed by atoms with van der Waals surface area (Å²) in [5.41, 5.74) is 0.991. The van der Waals surface area contributed by atoms with Gasteiger partial charge in [-0.05, 0) is 37.3 Å². The Balaban J connectivity index is 1.86. The maximum Gasteiger partial charge on any atom is 0.391 e. The zero-order chi connectivity index (χ0) is 19.5. The van der Waals surface area contributed by atoms with Gasteiger partial charge in [-0.25, -0.2) is 0 Å². The van der Waals surface area contributed by atoms with Gasteiger partial charge in [-0.1, -0.05) is 67.1 Å². The monoisotopic (exact) mass is 375 g/mol. The van der Waals surface area contributed by atoms with Crippen molar-refractivity contribution in [1.82, 2.24) is 5.32 Å². The van der Waals surface area contributed by atoms with Gasteiger partial charge in [0.25, 0.3) is 0 Å². The number of amides is 1. The molecule has 0 radical (unpaired) electrons. The Morgan fingerprint density at radius 3 is 1.93 bits per heavy atom. The SMILES string of the molecule is CC(NC(=O)C1CCCC(C(F)(F)F)C1)(c1ccccc1)c1ccccc1. The summed E-state index contributed by atoms with van der Waals surface area (Å²) >= 11 is 0. The quantitative estimate of drug-likeness (QED) is 0.758. The molecule has 0 spiro atoms. The molecule has 5 heteroatoms. The minimum atomic E-state index is -4.24. The van der Waals surface area contributed by atoms with E-state index in [9.17, 15) is 18.0 Å². The van der Waals surface area contributed by atoms with E-state index in [4.69, 9.17) is 0 Å². The maximum atomic E-state index is 13.1. The Labute approximate surface area is 157 Å². The second-order valence-corrected chi connectivity index (χ2v) is 7.45. The molecular formula is C22H24F3NO. The highest BCUT2D eigenvalue weighted by Gasteiger charge is 2.44. The van der Waals surface area contributed by atoms with Crippen LogP contribution in [0.15, 0.2) is 60.7 Å². The molecule has 3 rings (SSSR count). The molecule has 2 unspecified atom stereocenters. The summed E-state index contributed by atoms with van der Waals surface area (Å²) in [5.74, 6) is -2.31. The van der Waals surface area contributed by atoms with Crippen LogP contribution in [-0.2, 0) is 10.3 Å². The molecule has 27 heavy (non-hydrogen) atoms. The Bertz CT molecular complexity index is 719. The van der Waals surface area contributed by atoms with Crippen molar-refractivity contribution in [2.24, 2.45) is 11.8 Å². The van der Waals surface area contributed by atoms with Gasteiger partial charge in [0.1, 0.15) is 0 Å². The number of carbonyl (C=O) groups is 1. The van der Waals surface area contributed by atoms with E-state index >= 15 is 0 Å². The summed E-state index contributed by atoms with van der Waals surface area (Å²) in [6, 6.07) is 19.0. The van der Waals surface area contributed by atoms with Crippen molar-refractivity contribution in [2.75, 3.05) is 0 Å². The molecule has 2 aromatic rings. The summed E-state index contributed by atoms with van der Waals surface area (Å²) in [7, 11) is 0. The van der Waals surface area contributed by atoms with Crippen molar-refractivity contribution < 1.29 is 18.0 Å². The smallest absolute Gasteiger partial charge is 0.343 e. The lowest BCUT2D eigenvalue weighted by molar-refractivity contribution is -0.186. The van der Waals surface area contributed by atoms with Crippen LogP contribution in [0.25, 0.3) is 0 Å². The third kappa shape index (κ3) is 4.34. The van der Waals surface area contributed by atoms with E-state index in [0.29, 0.717) is 12.8 Å². The average molecular weight is 375 g/mol. The lowest BCUT2D eigenvalue weighted by Gasteiger charge is -2.36. The number of carbonyl (C=O) groups excluding carboxylic acids is 1. The second kappa shape index (κ2) is 7.75. The highest BCUT2D eigenvalue weighted by atomic mass is 19.4. The Morgan fingerprint density at radius 1 is 0.926 bits per heavy atom. The second-order valence-electron chi connectivity index (χ2n) is 7.45. The molecule has 0 aliphatic heterocycles. The van der Waals surface area contributed by atoms with Crippen LogP contribution in [0.5, 0.6) is 0 Å². The fraction of sp³-hybridized carbons (Fsp3) is 0.409. The van der Waals surface area contributed by atoms with Crippen LogP contribution >= 0.6 is 0 Å². The normalized spacial score (nSPS) is 20.9. The fourth-order valence-electron chi connectivity index (χ4n) is 3.93. The number of alkyl halides is 3. The first kappa shape index (κ1) is 19.5. The van der Waals surface area contributed by atoms with Gasteiger partial charge in [-0.15, -0.1) is 0 Å². The third-order valence-corrected chi connectivity index (χ3v) is 5.58. The minimum Gasteiger partial charge on any atom is -0.343 e. The maximum absolute atomic E-state index is 13.1. The molecule has 1 aliphatic rings. The molecule has 1 fully saturated rings. The molecule has 0 heterocycles. The molecule has 0 bridgehead atoms. The fourth-order valence-corrected chi connectivity index (χ4v) is 3.93. The molecule has 0 aromatic heterocycles. The Kier molecular flexibility index (Phi) is 5.59. The van der Waals surface area contributed by atoms with Gasteiger partial charge in [0.15, 0.2) is 0 Å². The lowest BCUT2D eigenvalue weighted by atomic mass is 9.79. The van der Waals surface area contributed by atoms with Crippen molar-refractivity contribution in [3.8, 4) is 0 Å². The highest BCUT2D eigenvalue weighted by molar-refractivity contribution is 5.80. The predicted molar refractivity (Wildman–Crippen MR) is 99.0 cm³/mol. The van der Waals surface area contributed by atoms with Crippen LogP contribution in [0.1, 0.15) is 43.7 Å². The van der Waals surface area contributed by atoms with Crippen LogP contribution in [0, 0.1) is 11.8 Å². The van der Waals surface area contributed by atoms with E-state index in [1.807, 2.05) is 67.6 Å². The molecule has 1 N–H and O–H groups in total. The van der Waals surface area contributed by atoms with Gasteiger partial charge in [0.05, 0.1) is 11.5 Å². The summed E-state index contributed by atoms with van der Waals surface area (Å²) in [6.45, 7) is 1.90. The van der Waals surface area contributed by atoms with Gasteiger partial charge in [-0.3, -0.25) is 4.79 Å². The number of benzene rings is 2. The topological polar surface area (TPSA) is 29.1 Å². The lowest BCUT2D eigenvalue weighted by Crippen LogP contribution is -2.48. The van der Waals surface area contributed by atoms with Gasteiger partial charge in [0.2, 0.25) is 5.91 Å². The van der Waals surface area contributed by atoms with Crippen molar-refractivity contribution in [3.63, 3.8) is 0 Å². The van der Waals surface area contributed by atoms with Crippen molar-refractivity contribution >= 4 is 5.91 Å². The summed E-state index contributed by atoms with van der Waals surface area (Å²) in [4.78, 5) is 13.0. The van der Waals surface area contributed by atoms with Gasteiger partial charge in [-0.2, -0.15) is 13.2 Å². The van der Waals surface area contributed by atoms with Gasteiger partial charge in [0, 0.05) is 5.92 Å². The van der Waals surface area contributed by atoms with E-state index < -0.39 is 23.6 Å². The average Bonchev–Trinajstić information content (AvgIpc) is 2.68. The molecule has 2 nitrogen and oxygen atoms in total. The van der Waals surface area contributed by atoms with E-state index in [1.165, 1.54) is 0 Å². The van der Waals surface area contributed by atoms with Gasteiger partial charge >= 0.3 is 6.18 Å². The first-order valence-corrected chi connectivity index (χ1v) is 9.30. The Hall–Kier alpha value is -2.30. The highest BCUT2D eigenvalue weighted by Crippen LogP contribution is 2.40. The first-order valence-electron chi connectivity index (χ1n) is 9.30. The van der Waals surface area contributed by atoms with Gasteiger partial charge < -0.3 is 5.32 Å². The van der Waals surface area contributed by atoms with Crippen LogP contribution in [0.2, 0.25) is 0 Å². The van der Waals surface area contributed by atoms with Crippen molar-refractivity contribution in [2.45, 2.75) is 44.3 Å². The molecule has 1 aliphatic carbocycles. The summed E-state index contributed by atoms with van der Waals surface area (Å²) in [6.07, 6.45) is -3.33. The zero-order valence-electron chi connectivity index (χ0n) is 15.3.